The van der Waals surface area contributed by atoms with Crippen molar-refractivity contribution in [3.05, 3.63) is 23.8 Å². The summed E-state index contributed by atoms with van der Waals surface area (Å²) in [5.74, 6) is 0.847. The number of rotatable bonds is 5. The highest BCUT2D eigenvalue weighted by atomic mass is 16.5. The van der Waals surface area contributed by atoms with Gasteiger partial charge < -0.3 is 19.8 Å². The van der Waals surface area contributed by atoms with E-state index in [4.69, 9.17) is 9.84 Å². The fraction of sp³-hybridized carbons (Fsp3) is 0.500. The van der Waals surface area contributed by atoms with Crippen molar-refractivity contribution in [2.75, 3.05) is 32.2 Å². The lowest BCUT2D eigenvalue weighted by atomic mass is 10.2. The summed E-state index contributed by atoms with van der Waals surface area (Å²) in [6.45, 7) is 2.15. The van der Waals surface area contributed by atoms with Crippen molar-refractivity contribution >= 4 is 5.69 Å². The third kappa shape index (κ3) is 3.12. The molecule has 0 saturated heterocycles. The minimum absolute atomic E-state index is 0.223. The normalized spacial score (nSPS) is 12.3. The summed E-state index contributed by atoms with van der Waals surface area (Å²) in [5.41, 5.74) is 2.04. The van der Waals surface area contributed by atoms with Gasteiger partial charge >= 0.3 is 0 Å². The number of anilines is 1. The molecule has 0 aliphatic heterocycles. The fourth-order valence-electron chi connectivity index (χ4n) is 1.58. The molecule has 1 atom stereocenters. The van der Waals surface area contributed by atoms with Crippen LogP contribution < -0.4 is 9.64 Å². The minimum Gasteiger partial charge on any atom is -0.496 e. The molecule has 0 aliphatic rings. The highest BCUT2D eigenvalue weighted by Crippen LogP contribution is 2.23. The lowest BCUT2D eigenvalue weighted by Gasteiger charge is -2.22. The summed E-state index contributed by atoms with van der Waals surface area (Å²) in [4.78, 5) is 1.90. The molecule has 0 fully saturated rings. The molecule has 4 nitrogen and oxygen atoms in total. The lowest BCUT2D eigenvalue weighted by Crippen LogP contribution is -2.31. The van der Waals surface area contributed by atoms with Crippen molar-refractivity contribution in [1.29, 1.82) is 0 Å². The van der Waals surface area contributed by atoms with E-state index in [1.807, 2.05) is 37.1 Å². The number of hydrogen-bond acceptors (Lipinski definition) is 4. The predicted octanol–water partition coefficient (Wildman–Crippen LogP) is 0.793. The minimum atomic E-state index is -0.715. The van der Waals surface area contributed by atoms with Gasteiger partial charge in [0.1, 0.15) is 5.75 Å². The van der Waals surface area contributed by atoms with Gasteiger partial charge in [-0.05, 0) is 30.7 Å². The van der Waals surface area contributed by atoms with Crippen molar-refractivity contribution in [2.45, 2.75) is 13.0 Å². The Labute approximate surface area is 96.1 Å². The van der Waals surface area contributed by atoms with E-state index in [1.165, 1.54) is 0 Å². The van der Waals surface area contributed by atoms with Gasteiger partial charge in [-0.2, -0.15) is 0 Å². The molecule has 1 unspecified atom stereocenters. The Kier molecular flexibility index (Phi) is 4.58. The monoisotopic (exact) mass is 225 g/mol. The van der Waals surface area contributed by atoms with E-state index in [0.717, 1.165) is 17.0 Å². The Morgan fingerprint density at radius 1 is 1.44 bits per heavy atom. The van der Waals surface area contributed by atoms with E-state index < -0.39 is 6.10 Å². The van der Waals surface area contributed by atoms with E-state index in [1.54, 1.807) is 7.11 Å². The molecule has 0 amide bonds. The van der Waals surface area contributed by atoms with Gasteiger partial charge in [-0.1, -0.05) is 0 Å². The summed E-state index contributed by atoms with van der Waals surface area (Å²) in [6.07, 6.45) is -0.715. The molecule has 0 aromatic heterocycles. The number of aryl methyl sites for hydroxylation is 1. The molecule has 2 N–H and O–H groups in total. The number of likely N-dealkylation sites (N-methyl/N-ethyl adjacent to an activating group) is 1. The first-order chi connectivity index (χ1) is 7.58. The van der Waals surface area contributed by atoms with E-state index in [0.29, 0.717) is 6.54 Å². The predicted molar refractivity (Wildman–Crippen MR) is 64.1 cm³/mol. The van der Waals surface area contributed by atoms with Crippen LogP contribution in [-0.4, -0.2) is 43.6 Å². The van der Waals surface area contributed by atoms with Crippen molar-refractivity contribution < 1.29 is 14.9 Å². The molecule has 0 heterocycles. The molecular weight excluding hydrogens is 206 g/mol. The topological polar surface area (TPSA) is 52.9 Å². The van der Waals surface area contributed by atoms with Gasteiger partial charge in [0.25, 0.3) is 0 Å². The zero-order valence-electron chi connectivity index (χ0n) is 9.97. The smallest absolute Gasteiger partial charge is 0.121 e. The average molecular weight is 225 g/mol. The molecule has 0 bridgehead atoms. The van der Waals surface area contributed by atoms with Crippen molar-refractivity contribution in [3.63, 3.8) is 0 Å². The standard InChI is InChI=1S/C12H19NO3/c1-9-6-10(4-5-12(9)16-3)13(2)7-11(15)8-14/h4-6,11,14-15H,7-8H2,1-3H3. The van der Waals surface area contributed by atoms with Gasteiger partial charge in [-0.3, -0.25) is 0 Å². The van der Waals surface area contributed by atoms with Crippen molar-refractivity contribution in [2.24, 2.45) is 0 Å². The number of benzene rings is 1. The molecule has 0 spiro atoms. The largest absolute Gasteiger partial charge is 0.496 e. The Balaban J connectivity index is 2.76. The third-order valence-corrected chi connectivity index (χ3v) is 2.51. The van der Waals surface area contributed by atoms with E-state index in [2.05, 4.69) is 0 Å². The molecular formula is C12H19NO3. The van der Waals surface area contributed by atoms with Crippen LogP contribution in [0.1, 0.15) is 5.56 Å². The first-order valence-electron chi connectivity index (χ1n) is 5.23. The number of aliphatic hydroxyl groups excluding tert-OH is 2. The fourth-order valence-corrected chi connectivity index (χ4v) is 1.58. The molecule has 0 saturated carbocycles. The van der Waals surface area contributed by atoms with Gasteiger partial charge in [-0.25, -0.2) is 0 Å². The van der Waals surface area contributed by atoms with Crippen LogP contribution in [0.15, 0.2) is 18.2 Å². The van der Waals surface area contributed by atoms with Crippen LogP contribution in [0.5, 0.6) is 5.75 Å². The highest BCUT2D eigenvalue weighted by molar-refractivity contribution is 5.52. The second-order valence-electron chi connectivity index (χ2n) is 3.87. The second-order valence-corrected chi connectivity index (χ2v) is 3.87. The van der Waals surface area contributed by atoms with Crippen LogP contribution in [-0.2, 0) is 0 Å². The first kappa shape index (κ1) is 12.8. The third-order valence-electron chi connectivity index (χ3n) is 2.51. The zero-order chi connectivity index (χ0) is 12.1. The first-order valence-corrected chi connectivity index (χ1v) is 5.23. The van der Waals surface area contributed by atoms with Gasteiger partial charge in [-0.15, -0.1) is 0 Å². The maximum atomic E-state index is 9.34. The van der Waals surface area contributed by atoms with Crippen molar-refractivity contribution in [3.8, 4) is 5.75 Å². The van der Waals surface area contributed by atoms with Crippen LogP contribution in [0.3, 0.4) is 0 Å². The molecule has 1 aromatic rings. The quantitative estimate of drug-likeness (QED) is 0.778. The van der Waals surface area contributed by atoms with E-state index in [9.17, 15) is 5.11 Å². The van der Waals surface area contributed by atoms with Crippen LogP contribution in [0, 0.1) is 6.92 Å². The maximum absolute atomic E-state index is 9.34. The van der Waals surface area contributed by atoms with Gasteiger partial charge in [0, 0.05) is 19.3 Å². The molecule has 0 aliphatic carbocycles. The molecule has 90 valence electrons. The summed E-state index contributed by atoms with van der Waals surface area (Å²) in [6, 6.07) is 5.81. The number of aliphatic hydroxyl groups is 2. The molecule has 0 radical (unpaired) electrons. The molecule has 1 rings (SSSR count). The average Bonchev–Trinajstić information content (AvgIpc) is 2.28. The number of hydrogen-bond donors (Lipinski definition) is 2. The summed E-state index contributed by atoms with van der Waals surface area (Å²) < 4.78 is 5.17. The van der Waals surface area contributed by atoms with Crippen LogP contribution in [0.2, 0.25) is 0 Å². The SMILES string of the molecule is COc1ccc(N(C)CC(O)CO)cc1C. The van der Waals surface area contributed by atoms with Gasteiger partial charge in [0.15, 0.2) is 0 Å². The second kappa shape index (κ2) is 5.72. The number of methoxy groups -OCH3 is 1. The lowest BCUT2D eigenvalue weighted by molar-refractivity contribution is 0.101. The molecule has 16 heavy (non-hydrogen) atoms. The highest BCUT2D eigenvalue weighted by Gasteiger charge is 2.08. The van der Waals surface area contributed by atoms with E-state index in [-0.39, 0.29) is 6.61 Å². The summed E-state index contributed by atoms with van der Waals surface area (Å²) >= 11 is 0. The Hall–Kier alpha value is -1.26. The summed E-state index contributed by atoms with van der Waals surface area (Å²) in [7, 11) is 3.52. The van der Waals surface area contributed by atoms with Crippen LogP contribution >= 0.6 is 0 Å². The van der Waals surface area contributed by atoms with Gasteiger partial charge in [0.2, 0.25) is 0 Å². The van der Waals surface area contributed by atoms with Crippen LogP contribution in [0.25, 0.3) is 0 Å². The molecule has 1 aromatic carbocycles. The van der Waals surface area contributed by atoms with Crippen molar-refractivity contribution in [1.82, 2.24) is 0 Å². The summed E-state index contributed by atoms with van der Waals surface area (Å²) in [5, 5.41) is 18.1. The Morgan fingerprint density at radius 2 is 2.12 bits per heavy atom. The number of nitrogens with zero attached hydrogens (tertiary/aromatic N) is 1. The van der Waals surface area contributed by atoms with E-state index >= 15 is 0 Å². The van der Waals surface area contributed by atoms with Crippen LogP contribution in [0.4, 0.5) is 5.69 Å². The zero-order valence-corrected chi connectivity index (χ0v) is 9.97. The number of ether oxygens (including phenoxy) is 1. The Bertz CT molecular complexity index is 341. The maximum Gasteiger partial charge on any atom is 0.121 e. The molecule has 4 heteroatoms. The Morgan fingerprint density at radius 3 is 2.62 bits per heavy atom. The van der Waals surface area contributed by atoms with Gasteiger partial charge in [0.05, 0.1) is 19.8 Å².